The molecular weight excluding hydrogens is 212 g/mol. The number of ketones is 1. The average Bonchev–Trinajstić information content (AvgIpc) is 2.61. The predicted octanol–water partition coefficient (Wildman–Crippen LogP) is 2.82. The number of hydrogen-bond acceptors (Lipinski definition) is 2. The second-order valence-corrected chi connectivity index (χ2v) is 4.01. The molecule has 0 heterocycles. The van der Waals surface area contributed by atoms with Crippen LogP contribution in [0.15, 0.2) is 18.2 Å². The fourth-order valence-corrected chi connectivity index (χ4v) is 1.88. The third-order valence-electron chi connectivity index (χ3n) is 2.55. The molecule has 1 aromatic rings. The van der Waals surface area contributed by atoms with E-state index in [9.17, 15) is 4.79 Å². The first kappa shape index (κ1) is 10.5. The number of Topliss-reactive ketones (excluding diaryl/α,β-unsaturated/α-hetero) is 1. The van der Waals surface area contributed by atoms with Gasteiger partial charge in [-0.15, -0.1) is 11.6 Å². The SMILES string of the molecule is O=C1CCc2cc(OCCCCl)ccc21. The van der Waals surface area contributed by atoms with Crippen molar-refractivity contribution in [1.82, 2.24) is 0 Å². The zero-order chi connectivity index (χ0) is 10.7. The Hall–Kier alpha value is -1.02. The summed E-state index contributed by atoms with van der Waals surface area (Å²) in [4.78, 5) is 11.4. The van der Waals surface area contributed by atoms with E-state index in [4.69, 9.17) is 16.3 Å². The molecule has 0 amide bonds. The zero-order valence-corrected chi connectivity index (χ0v) is 9.22. The number of rotatable bonds is 4. The molecule has 1 aromatic carbocycles. The maximum Gasteiger partial charge on any atom is 0.163 e. The summed E-state index contributed by atoms with van der Waals surface area (Å²) in [5.41, 5.74) is 1.98. The number of fused-ring (bicyclic) bond motifs is 1. The Morgan fingerprint density at radius 2 is 2.20 bits per heavy atom. The summed E-state index contributed by atoms with van der Waals surface area (Å²) >= 11 is 5.56. The van der Waals surface area contributed by atoms with E-state index < -0.39 is 0 Å². The van der Waals surface area contributed by atoms with Crippen LogP contribution in [0, 0.1) is 0 Å². The fourth-order valence-electron chi connectivity index (χ4n) is 1.77. The minimum atomic E-state index is 0.248. The van der Waals surface area contributed by atoms with E-state index in [1.54, 1.807) is 0 Å². The molecule has 2 rings (SSSR count). The number of carbonyl (C=O) groups excluding carboxylic acids is 1. The first-order valence-corrected chi connectivity index (χ1v) is 5.69. The maximum atomic E-state index is 11.4. The number of alkyl halides is 1. The quantitative estimate of drug-likeness (QED) is 0.581. The molecule has 3 heteroatoms. The third kappa shape index (κ3) is 2.32. The predicted molar refractivity (Wildman–Crippen MR) is 59.9 cm³/mol. The van der Waals surface area contributed by atoms with Gasteiger partial charge in [0.25, 0.3) is 0 Å². The molecule has 0 fully saturated rings. The molecule has 0 saturated heterocycles. The van der Waals surface area contributed by atoms with Crippen molar-refractivity contribution in [3.63, 3.8) is 0 Å². The molecule has 0 bridgehead atoms. The Labute approximate surface area is 94.2 Å². The molecule has 80 valence electrons. The van der Waals surface area contributed by atoms with Gasteiger partial charge in [-0.25, -0.2) is 0 Å². The van der Waals surface area contributed by atoms with Gasteiger partial charge in [0.2, 0.25) is 0 Å². The van der Waals surface area contributed by atoms with Gasteiger partial charge in [-0.1, -0.05) is 0 Å². The summed E-state index contributed by atoms with van der Waals surface area (Å²) in [5, 5.41) is 0. The van der Waals surface area contributed by atoms with Gasteiger partial charge >= 0.3 is 0 Å². The van der Waals surface area contributed by atoms with Crippen molar-refractivity contribution in [3.8, 4) is 5.75 Å². The van der Waals surface area contributed by atoms with Crippen molar-refractivity contribution in [2.45, 2.75) is 19.3 Å². The molecule has 0 saturated carbocycles. The molecule has 0 N–H and O–H groups in total. The van der Waals surface area contributed by atoms with Crippen LogP contribution in [0.4, 0.5) is 0 Å². The van der Waals surface area contributed by atoms with Crippen LogP contribution >= 0.6 is 11.6 Å². The Bertz CT molecular complexity index is 374. The lowest BCUT2D eigenvalue weighted by Gasteiger charge is -2.06. The van der Waals surface area contributed by atoms with Gasteiger partial charge in [-0.05, 0) is 36.6 Å². The van der Waals surface area contributed by atoms with Crippen LogP contribution in [-0.4, -0.2) is 18.3 Å². The van der Waals surface area contributed by atoms with Crippen LogP contribution in [0.5, 0.6) is 5.75 Å². The number of benzene rings is 1. The van der Waals surface area contributed by atoms with E-state index in [1.165, 1.54) is 0 Å². The summed E-state index contributed by atoms with van der Waals surface area (Å²) in [5.74, 6) is 1.70. The zero-order valence-electron chi connectivity index (χ0n) is 8.46. The summed E-state index contributed by atoms with van der Waals surface area (Å²) in [6.45, 7) is 0.635. The van der Waals surface area contributed by atoms with Gasteiger partial charge in [0.05, 0.1) is 6.61 Å². The van der Waals surface area contributed by atoms with Gasteiger partial charge in [0, 0.05) is 17.9 Å². The van der Waals surface area contributed by atoms with Crippen LogP contribution in [0.2, 0.25) is 0 Å². The van der Waals surface area contributed by atoms with Gasteiger partial charge in [-0.3, -0.25) is 4.79 Å². The van der Waals surface area contributed by atoms with E-state index >= 15 is 0 Å². The number of ether oxygens (including phenoxy) is 1. The fraction of sp³-hybridized carbons (Fsp3) is 0.417. The Morgan fingerprint density at radius 3 is 3.00 bits per heavy atom. The molecule has 0 aliphatic heterocycles. The minimum absolute atomic E-state index is 0.248. The van der Waals surface area contributed by atoms with Crippen molar-refractivity contribution < 1.29 is 9.53 Å². The van der Waals surface area contributed by atoms with Crippen molar-refractivity contribution in [3.05, 3.63) is 29.3 Å². The monoisotopic (exact) mass is 224 g/mol. The Morgan fingerprint density at radius 1 is 1.33 bits per heavy atom. The Balaban J connectivity index is 2.06. The van der Waals surface area contributed by atoms with Crippen LogP contribution in [0.3, 0.4) is 0 Å². The van der Waals surface area contributed by atoms with Crippen molar-refractivity contribution >= 4 is 17.4 Å². The molecule has 0 radical (unpaired) electrons. The summed E-state index contributed by atoms with van der Waals surface area (Å²) in [6.07, 6.45) is 2.33. The topological polar surface area (TPSA) is 26.3 Å². The van der Waals surface area contributed by atoms with E-state index in [0.29, 0.717) is 18.9 Å². The average molecular weight is 225 g/mol. The molecule has 0 unspecified atom stereocenters. The van der Waals surface area contributed by atoms with E-state index in [0.717, 1.165) is 29.7 Å². The maximum absolute atomic E-state index is 11.4. The molecule has 0 aromatic heterocycles. The van der Waals surface area contributed by atoms with Crippen LogP contribution in [-0.2, 0) is 6.42 Å². The molecular formula is C12H13ClO2. The second-order valence-electron chi connectivity index (χ2n) is 3.63. The summed E-state index contributed by atoms with van der Waals surface area (Å²) < 4.78 is 5.51. The minimum Gasteiger partial charge on any atom is -0.494 e. The molecule has 15 heavy (non-hydrogen) atoms. The van der Waals surface area contributed by atoms with Crippen LogP contribution in [0.1, 0.15) is 28.8 Å². The molecule has 2 nitrogen and oxygen atoms in total. The Kier molecular flexibility index (Phi) is 3.27. The number of aryl methyl sites for hydroxylation is 1. The standard InChI is InChI=1S/C12H13ClO2/c13-6-1-7-15-10-3-4-11-9(8-10)2-5-12(11)14/h3-4,8H,1-2,5-7H2. The summed E-state index contributed by atoms with van der Waals surface area (Å²) in [6, 6.07) is 5.69. The first-order valence-electron chi connectivity index (χ1n) is 5.16. The normalized spacial score (nSPS) is 14.1. The van der Waals surface area contributed by atoms with Crippen molar-refractivity contribution in [2.75, 3.05) is 12.5 Å². The summed E-state index contributed by atoms with van der Waals surface area (Å²) in [7, 11) is 0. The van der Waals surface area contributed by atoms with E-state index in [-0.39, 0.29) is 5.78 Å². The lowest BCUT2D eigenvalue weighted by atomic mass is 10.1. The highest BCUT2D eigenvalue weighted by molar-refractivity contribution is 6.17. The number of carbonyl (C=O) groups is 1. The van der Waals surface area contributed by atoms with E-state index in [1.807, 2.05) is 18.2 Å². The number of hydrogen-bond donors (Lipinski definition) is 0. The smallest absolute Gasteiger partial charge is 0.163 e. The largest absolute Gasteiger partial charge is 0.494 e. The molecule has 1 aliphatic carbocycles. The molecule has 0 atom stereocenters. The lowest BCUT2D eigenvalue weighted by Crippen LogP contribution is -1.98. The van der Waals surface area contributed by atoms with Crippen molar-refractivity contribution in [2.24, 2.45) is 0 Å². The second kappa shape index (κ2) is 4.67. The molecule has 1 aliphatic rings. The highest BCUT2D eigenvalue weighted by atomic mass is 35.5. The highest BCUT2D eigenvalue weighted by Gasteiger charge is 2.19. The van der Waals surface area contributed by atoms with E-state index in [2.05, 4.69) is 0 Å². The van der Waals surface area contributed by atoms with Gasteiger partial charge in [0.15, 0.2) is 5.78 Å². The molecule has 0 spiro atoms. The van der Waals surface area contributed by atoms with Crippen molar-refractivity contribution in [1.29, 1.82) is 0 Å². The number of halogens is 1. The van der Waals surface area contributed by atoms with Crippen LogP contribution < -0.4 is 4.74 Å². The highest BCUT2D eigenvalue weighted by Crippen LogP contribution is 2.26. The van der Waals surface area contributed by atoms with Gasteiger partial charge < -0.3 is 4.74 Å². The lowest BCUT2D eigenvalue weighted by molar-refractivity contribution is 0.0994. The van der Waals surface area contributed by atoms with Gasteiger partial charge in [-0.2, -0.15) is 0 Å². The third-order valence-corrected chi connectivity index (χ3v) is 2.81. The van der Waals surface area contributed by atoms with Gasteiger partial charge in [0.1, 0.15) is 5.75 Å². The first-order chi connectivity index (χ1) is 7.31. The van der Waals surface area contributed by atoms with Crippen LogP contribution in [0.25, 0.3) is 0 Å².